The Morgan fingerprint density at radius 2 is 1.79 bits per heavy atom. The molecule has 0 saturated carbocycles. The first-order valence-corrected chi connectivity index (χ1v) is 7.53. The summed E-state index contributed by atoms with van der Waals surface area (Å²) in [5.74, 6) is -0.563. The lowest BCUT2D eigenvalue weighted by molar-refractivity contribution is -0.137. The Labute approximate surface area is 143 Å². The van der Waals surface area contributed by atoms with Gasteiger partial charge in [0.1, 0.15) is 0 Å². The van der Waals surface area contributed by atoms with Gasteiger partial charge in [-0.15, -0.1) is 0 Å². The van der Waals surface area contributed by atoms with E-state index in [-0.39, 0.29) is 11.6 Å². The number of halogens is 4. The molecule has 0 bridgehead atoms. The van der Waals surface area contributed by atoms with E-state index in [1.165, 1.54) is 12.1 Å². The molecule has 7 heteroatoms. The number of para-hydroxylation sites is 1. The quantitative estimate of drug-likeness (QED) is 0.859. The average molecular weight is 357 g/mol. The number of nitrogens with one attached hydrogen (secondary N) is 1. The van der Waals surface area contributed by atoms with Crippen molar-refractivity contribution in [1.82, 2.24) is 4.90 Å². The van der Waals surface area contributed by atoms with Crippen molar-refractivity contribution in [3.05, 3.63) is 64.7 Å². The first kappa shape index (κ1) is 18.3. The van der Waals surface area contributed by atoms with Gasteiger partial charge in [-0.3, -0.25) is 9.69 Å². The van der Waals surface area contributed by atoms with E-state index in [0.717, 1.165) is 11.6 Å². The van der Waals surface area contributed by atoms with E-state index >= 15 is 0 Å². The molecule has 0 aliphatic rings. The molecule has 128 valence electrons. The van der Waals surface area contributed by atoms with Crippen LogP contribution in [0.1, 0.15) is 11.1 Å². The largest absolute Gasteiger partial charge is 0.418 e. The third kappa shape index (κ3) is 4.97. The predicted octanol–water partition coefficient (Wildman–Crippen LogP) is 4.43. The van der Waals surface area contributed by atoms with Gasteiger partial charge in [0.15, 0.2) is 0 Å². The summed E-state index contributed by atoms with van der Waals surface area (Å²) in [5.41, 5.74) is -0.375. The number of nitrogens with zero attached hydrogens (tertiary/aromatic N) is 1. The second kappa shape index (κ2) is 7.68. The lowest BCUT2D eigenvalue weighted by atomic mass is 10.1. The van der Waals surface area contributed by atoms with Gasteiger partial charge in [0, 0.05) is 6.54 Å². The van der Waals surface area contributed by atoms with Crippen molar-refractivity contribution in [2.75, 3.05) is 18.9 Å². The number of carbonyl (C=O) groups is 1. The first-order chi connectivity index (χ1) is 11.3. The summed E-state index contributed by atoms with van der Waals surface area (Å²) in [6, 6.07) is 12.8. The van der Waals surface area contributed by atoms with Crippen LogP contribution in [-0.2, 0) is 17.5 Å². The maximum atomic E-state index is 13.0. The molecule has 0 unspecified atom stereocenters. The minimum Gasteiger partial charge on any atom is -0.323 e. The molecule has 2 aromatic carbocycles. The minimum absolute atomic E-state index is 0.0581. The molecule has 0 heterocycles. The van der Waals surface area contributed by atoms with Crippen LogP contribution in [0.15, 0.2) is 48.5 Å². The molecule has 0 saturated heterocycles. The second-order valence-corrected chi connectivity index (χ2v) is 5.77. The standard InChI is InChI=1S/C17H16ClF3N2O/c1-23(10-12-6-3-2-4-7-12)11-15(24)22-16-13(17(19,20)21)8-5-9-14(16)18/h2-9H,10-11H2,1H3,(H,22,24). The summed E-state index contributed by atoms with van der Waals surface area (Å²) in [4.78, 5) is 13.8. The summed E-state index contributed by atoms with van der Waals surface area (Å²) in [6.45, 7) is 0.445. The number of rotatable bonds is 5. The van der Waals surface area contributed by atoms with E-state index < -0.39 is 23.3 Å². The first-order valence-electron chi connectivity index (χ1n) is 7.15. The molecule has 1 N–H and O–H groups in total. The number of hydrogen-bond donors (Lipinski definition) is 1. The van der Waals surface area contributed by atoms with Gasteiger partial charge in [0.2, 0.25) is 5.91 Å². The average Bonchev–Trinajstić information content (AvgIpc) is 2.49. The number of hydrogen-bond acceptors (Lipinski definition) is 2. The highest BCUT2D eigenvalue weighted by atomic mass is 35.5. The molecule has 1 amide bonds. The van der Waals surface area contributed by atoms with Gasteiger partial charge in [-0.2, -0.15) is 13.2 Å². The van der Waals surface area contributed by atoms with Crippen LogP contribution >= 0.6 is 11.6 Å². The Balaban J connectivity index is 2.05. The van der Waals surface area contributed by atoms with E-state index in [9.17, 15) is 18.0 Å². The van der Waals surface area contributed by atoms with Crippen molar-refractivity contribution in [3.8, 4) is 0 Å². The molecule has 2 aromatic rings. The van der Waals surface area contributed by atoms with Crippen molar-refractivity contribution < 1.29 is 18.0 Å². The molecule has 0 spiro atoms. The van der Waals surface area contributed by atoms with Crippen LogP contribution in [0, 0.1) is 0 Å². The van der Waals surface area contributed by atoms with Gasteiger partial charge in [0.05, 0.1) is 22.8 Å². The van der Waals surface area contributed by atoms with Gasteiger partial charge in [-0.1, -0.05) is 48.0 Å². The van der Waals surface area contributed by atoms with Crippen molar-refractivity contribution in [1.29, 1.82) is 0 Å². The molecule has 0 atom stereocenters. The van der Waals surface area contributed by atoms with E-state index in [2.05, 4.69) is 5.32 Å². The van der Waals surface area contributed by atoms with Crippen molar-refractivity contribution in [2.45, 2.75) is 12.7 Å². The molecule has 0 aromatic heterocycles. The van der Waals surface area contributed by atoms with E-state index in [4.69, 9.17) is 11.6 Å². The molecular formula is C17H16ClF3N2O. The number of anilines is 1. The summed E-state index contributed by atoms with van der Waals surface area (Å²) in [6.07, 6.45) is -4.59. The maximum Gasteiger partial charge on any atom is 0.418 e. The van der Waals surface area contributed by atoms with E-state index in [1.807, 2.05) is 30.3 Å². The van der Waals surface area contributed by atoms with Crippen LogP contribution in [0.5, 0.6) is 0 Å². The van der Waals surface area contributed by atoms with E-state index in [0.29, 0.717) is 6.54 Å². The summed E-state index contributed by atoms with van der Waals surface area (Å²) in [5, 5.41) is 2.12. The van der Waals surface area contributed by atoms with Crippen LogP contribution in [-0.4, -0.2) is 24.4 Å². The number of amides is 1. The van der Waals surface area contributed by atoms with Crippen LogP contribution in [0.2, 0.25) is 5.02 Å². The zero-order valence-electron chi connectivity index (χ0n) is 12.9. The molecule has 0 aliphatic carbocycles. The monoisotopic (exact) mass is 356 g/mol. The maximum absolute atomic E-state index is 13.0. The topological polar surface area (TPSA) is 32.3 Å². The zero-order chi connectivity index (χ0) is 17.7. The summed E-state index contributed by atoms with van der Waals surface area (Å²) >= 11 is 5.82. The molecule has 0 aliphatic heterocycles. The Morgan fingerprint density at radius 1 is 1.12 bits per heavy atom. The van der Waals surface area contributed by atoms with Crippen LogP contribution < -0.4 is 5.32 Å². The van der Waals surface area contributed by atoms with Crippen molar-refractivity contribution in [2.24, 2.45) is 0 Å². The highest BCUT2D eigenvalue weighted by molar-refractivity contribution is 6.34. The third-order valence-electron chi connectivity index (χ3n) is 3.29. The van der Waals surface area contributed by atoms with Crippen LogP contribution in [0.4, 0.5) is 18.9 Å². The number of carbonyl (C=O) groups excluding carboxylic acids is 1. The fraction of sp³-hybridized carbons (Fsp3) is 0.235. The number of benzene rings is 2. The minimum atomic E-state index is -4.59. The van der Waals surface area contributed by atoms with E-state index in [1.54, 1.807) is 11.9 Å². The van der Waals surface area contributed by atoms with Gasteiger partial charge >= 0.3 is 6.18 Å². The molecular weight excluding hydrogens is 341 g/mol. The van der Waals surface area contributed by atoms with Gasteiger partial charge in [-0.05, 0) is 24.7 Å². The predicted molar refractivity (Wildman–Crippen MR) is 87.9 cm³/mol. The Morgan fingerprint density at radius 3 is 2.42 bits per heavy atom. The SMILES string of the molecule is CN(CC(=O)Nc1c(Cl)cccc1C(F)(F)F)Cc1ccccc1. The smallest absolute Gasteiger partial charge is 0.323 e. The molecule has 0 fully saturated rings. The lowest BCUT2D eigenvalue weighted by Crippen LogP contribution is -2.30. The number of likely N-dealkylation sites (N-methyl/N-ethyl adjacent to an activating group) is 1. The lowest BCUT2D eigenvalue weighted by Gasteiger charge is -2.18. The fourth-order valence-electron chi connectivity index (χ4n) is 2.26. The Bertz CT molecular complexity index is 705. The molecule has 3 nitrogen and oxygen atoms in total. The van der Waals surface area contributed by atoms with Crippen molar-refractivity contribution in [3.63, 3.8) is 0 Å². The van der Waals surface area contributed by atoms with Gasteiger partial charge < -0.3 is 5.32 Å². The van der Waals surface area contributed by atoms with Crippen LogP contribution in [0.25, 0.3) is 0 Å². The van der Waals surface area contributed by atoms with Crippen molar-refractivity contribution >= 4 is 23.2 Å². The Kier molecular flexibility index (Phi) is 5.85. The van der Waals surface area contributed by atoms with Gasteiger partial charge in [-0.25, -0.2) is 0 Å². The summed E-state index contributed by atoms with van der Waals surface area (Å²) < 4.78 is 39.0. The van der Waals surface area contributed by atoms with Crippen LogP contribution in [0.3, 0.4) is 0 Å². The third-order valence-corrected chi connectivity index (χ3v) is 3.61. The highest BCUT2D eigenvalue weighted by Crippen LogP contribution is 2.38. The zero-order valence-corrected chi connectivity index (χ0v) is 13.7. The summed E-state index contributed by atoms with van der Waals surface area (Å²) in [7, 11) is 1.71. The fourth-order valence-corrected chi connectivity index (χ4v) is 2.48. The molecule has 2 rings (SSSR count). The number of alkyl halides is 3. The molecule has 0 radical (unpaired) electrons. The second-order valence-electron chi connectivity index (χ2n) is 5.37. The highest BCUT2D eigenvalue weighted by Gasteiger charge is 2.34. The Hall–Kier alpha value is -2.05. The molecule has 24 heavy (non-hydrogen) atoms. The van der Waals surface area contributed by atoms with Gasteiger partial charge in [0.25, 0.3) is 0 Å². The normalized spacial score (nSPS) is 11.6.